The molecule has 1 aromatic carbocycles. The Labute approximate surface area is 81.5 Å². The molecule has 1 amide bonds. The fourth-order valence-corrected chi connectivity index (χ4v) is 1.61. The molecule has 0 aromatic heterocycles. The molecule has 0 saturated heterocycles. The van der Waals surface area contributed by atoms with Gasteiger partial charge in [0.2, 0.25) is 5.91 Å². The van der Waals surface area contributed by atoms with E-state index in [4.69, 9.17) is 0 Å². The molecular formula is C10H11FN2O. The maximum Gasteiger partial charge on any atom is 0.243 e. The van der Waals surface area contributed by atoms with Crippen LogP contribution in [0.15, 0.2) is 18.2 Å². The lowest BCUT2D eigenvalue weighted by atomic mass is 10.2. The summed E-state index contributed by atoms with van der Waals surface area (Å²) in [7, 11) is 0. The zero-order chi connectivity index (χ0) is 10.1. The normalized spacial score (nSPS) is 15.0. The molecule has 0 atom stereocenters. The SMILES string of the molecule is CCN1CC(=O)Nc2cc(F)ccc21. The molecule has 14 heavy (non-hydrogen) atoms. The maximum atomic E-state index is 12.9. The Kier molecular flexibility index (Phi) is 2.11. The van der Waals surface area contributed by atoms with Crippen molar-refractivity contribution in [2.24, 2.45) is 0 Å². The van der Waals surface area contributed by atoms with Crippen molar-refractivity contribution < 1.29 is 9.18 Å². The Morgan fingerprint density at radius 3 is 3.07 bits per heavy atom. The first kappa shape index (κ1) is 8.99. The minimum Gasteiger partial charge on any atom is -0.361 e. The van der Waals surface area contributed by atoms with Crippen molar-refractivity contribution in [2.75, 3.05) is 23.3 Å². The molecule has 0 saturated carbocycles. The molecule has 0 aliphatic carbocycles. The predicted octanol–water partition coefficient (Wildman–Crippen LogP) is 1.60. The highest BCUT2D eigenvalue weighted by molar-refractivity contribution is 6.01. The maximum absolute atomic E-state index is 12.9. The zero-order valence-electron chi connectivity index (χ0n) is 7.88. The first-order valence-electron chi connectivity index (χ1n) is 4.55. The van der Waals surface area contributed by atoms with Gasteiger partial charge < -0.3 is 10.2 Å². The number of nitrogens with one attached hydrogen (secondary N) is 1. The van der Waals surface area contributed by atoms with Crippen LogP contribution in [0, 0.1) is 5.82 Å². The largest absolute Gasteiger partial charge is 0.361 e. The second-order valence-electron chi connectivity index (χ2n) is 3.22. The number of halogens is 1. The van der Waals surface area contributed by atoms with E-state index in [-0.39, 0.29) is 11.7 Å². The molecule has 1 N–H and O–H groups in total. The van der Waals surface area contributed by atoms with Gasteiger partial charge in [0.05, 0.1) is 17.9 Å². The number of benzene rings is 1. The smallest absolute Gasteiger partial charge is 0.243 e. The lowest BCUT2D eigenvalue weighted by molar-refractivity contribution is -0.115. The first-order chi connectivity index (χ1) is 6.70. The van der Waals surface area contributed by atoms with Gasteiger partial charge in [-0.05, 0) is 25.1 Å². The molecule has 1 aliphatic heterocycles. The van der Waals surface area contributed by atoms with Crippen LogP contribution < -0.4 is 10.2 Å². The molecular weight excluding hydrogens is 183 g/mol. The molecule has 4 heteroatoms. The summed E-state index contributed by atoms with van der Waals surface area (Å²) in [6.45, 7) is 3.05. The molecule has 0 unspecified atom stereocenters. The average Bonchev–Trinajstić information content (AvgIpc) is 2.15. The number of carbonyl (C=O) groups excluding carboxylic acids is 1. The molecule has 3 nitrogen and oxygen atoms in total. The second kappa shape index (κ2) is 3.29. The fourth-order valence-electron chi connectivity index (χ4n) is 1.61. The summed E-state index contributed by atoms with van der Waals surface area (Å²) in [5.74, 6) is -0.424. The molecule has 1 aliphatic rings. The second-order valence-corrected chi connectivity index (χ2v) is 3.22. The monoisotopic (exact) mass is 194 g/mol. The van der Waals surface area contributed by atoms with Crippen LogP contribution in [0.4, 0.5) is 15.8 Å². The van der Waals surface area contributed by atoms with Crippen LogP contribution in [0.5, 0.6) is 0 Å². The number of amides is 1. The van der Waals surface area contributed by atoms with Crippen molar-refractivity contribution in [1.29, 1.82) is 0 Å². The van der Waals surface area contributed by atoms with Crippen LogP contribution in [0.2, 0.25) is 0 Å². The van der Waals surface area contributed by atoms with E-state index in [0.717, 1.165) is 12.2 Å². The van der Waals surface area contributed by atoms with Gasteiger partial charge in [-0.15, -0.1) is 0 Å². The highest BCUT2D eigenvalue weighted by Crippen LogP contribution is 2.29. The van der Waals surface area contributed by atoms with Crippen molar-refractivity contribution in [1.82, 2.24) is 0 Å². The van der Waals surface area contributed by atoms with Crippen molar-refractivity contribution in [3.05, 3.63) is 24.0 Å². The van der Waals surface area contributed by atoms with Crippen molar-refractivity contribution in [2.45, 2.75) is 6.92 Å². The summed E-state index contributed by atoms with van der Waals surface area (Å²) in [5.41, 5.74) is 1.44. The molecule has 2 rings (SSSR count). The lowest BCUT2D eigenvalue weighted by Gasteiger charge is -2.29. The highest BCUT2D eigenvalue weighted by Gasteiger charge is 2.20. The van der Waals surface area contributed by atoms with Gasteiger partial charge in [-0.2, -0.15) is 0 Å². The van der Waals surface area contributed by atoms with E-state index in [1.807, 2.05) is 11.8 Å². The number of anilines is 2. The molecule has 1 heterocycles. The predicted molar refractivity (Wildman–Crippen MR) is 52.9 cm³/mol. The van der Waals surface area contributed by atoms with E-state index in [1.54, 1.807) is 6.07 Å². The average molecular weight is 194 g/mol. The highest BCUT2D eigenvalue weighted by atomic mass is 19.1. The van der Waals surface area contributed by atoms with Gasteiger partial charge in [0.15, 0.2) is 0 Å². The van der Waals surface area contributed by atoms with E-state index < -0.39 is 0 Å². The van der Waals surface area contributed by atoms with Crippen molar-refractivity contribution in [3.8, 4) is 0 Å². The van der Waals surface area contributed by atoms with Gasteiger partial charge in [0.25, 0.3) is 0 Å². The van der Waals surface area contributed by atoms with Gasteiger partial charge >= 0.3 is 0 Å². The number of nitrogens with zero attached hydrogens (tertiary/aromatic N) is 1. The molecule has 0 spiro atoms. The minimum atomic E-state index is -0.331. The van der Waals surface area contributed by atoms with Crippen LogP contribution in [-0.4, -0.2) is 19.0 Å². The third kappa shape index (κ3) is 1.43. The molecule has 0 bridgehead atoms. The number of hydrogen-bond donors (Lipinski definition) is 1. The summed E-state index contributed by atoms with van der Waals surface area (Å²) in [4.78, 5) is 13.1. The fraction of sp³-hybridized carbons (Fsp3) is 0.300. The van der Waals surface area contributed by atoms with E-state index >= 15 is 0 Å². The van der Waals surface area contributed by atoms with E-state index in [2.05, 4.69) is 5.32 Å². The Bertz CT molecular complexity index is 378. The summed E-state index contributed by atoms with van der Waals surface area (Å²) in [5, 5.41) is 2.64. The van der Waals surface area contributed by atoms with Gasteiger partial charge in [0, 0.05) is 6.54 Å². The van der Waals surface area contributed by atoms with Gasteiger partial charge in [0.1, 0.15) is 5.82 Å². The molecule has 0 radical (unpaired) electrons. The number of carbonyl (C=O) groups is 1. The quantitative estimate of drug-likeness (QED) is 0.736. The van der Waals surface area contributed by atoms with E-state index in [1.165, 1.54) is 12.1 Å². The third-order valence-electron chi connectivity index (χ3n) is 2.29. The van der Waals surface area contributed by atoms with Crippen LogP contribution in [0.3, 0.4) is 0 Å². The number of hydrogen-bond acceptors (Lipinski definition) is 2. The third-order valence-corrected chi connectivity index (χ3v) is 2.29. The first-order valence-corrected chi connectivity index (χ1v) is 4.55. The Morgan fingerprint density at radius 1 is 1.57 bits per heavy atom. The van der Waals surface area contributed by atoms with Crippen molar-refractivity contribution in [3.63, 3.8) is 0 Å². The summed E-state index contributed by atoms with van der Waals surface area (Å²) in [6.07, 6.45) is 0. The number of rotatable bonds is 1. The van der Waals surface area contributed by atoms with E-state index in [9.17, 15) is 9.18 Å². The van der Waals surface area contributed by atoms with Crippen LogP contribution in [0.25, 0.3) is 0 Å². The Hall–Kier alpha value is -1.58. The van der Waals surface area contributed by atoms with Crippen LogP contribution in [-0.2, 0) is 4.79 Å². The Morgan fingerprint density at radius 2 is 2.36 bits per heavy atom. The van der Waals surface area contributed by atoms with Gasteiger partial charge in [-0.25, -0.2) is 4.39 Å². The number of likely N-dealkylation sites (N-methyl/N-ethyl adjacent to an activating group) is 1. The minimum absolute atomic E-state index is 0.0926. The molecule has 1 aromatic rings. The summed E-state index contributed by atoms with van der Waals surface area (Å²) >= 11 is 0. The summed E-state index contributed by atoms with van der Waals surface area (Å²) < 4.78 is 12.9. The van der Waals surface area contributed by atoms with Gasteiger partial charge in [-0.3, -0.25) is 4.79 Å². The van der Waals surface area contributed by atoms with Crippen LogP contribution in [0.1, 0.15) is 6.92 Å². The van der Waals surface area contributed by atoms with Crippen molar-refractivity contribution >= 4 is 17.3 Å². The standard InChI is InChI=1S/C10H11FN2O/c1-2-13-6-10(14)12-8-5-7(11)3-4-9(8)13/h3-5H,2,6H2,1H3,(H,12,14). The zero-order valence-corrected chi connectivity index (χ0v) is 7.88. The number of fused-ring (bicyclic) bond motifs is 1. The topological polar surface area (TPSA) is 32.3 Å². The van der Waals surface area contributed by atoms with Crippen LogP contribution >= 0.6 is 0 Å². The lowest BCUT2D eigenvalue weighted by Crippen LogP contribution is -2.37. The molecule has 74 valence electrons. The summed E-state index contributed by atoms with van der Waals surface area (Å²) in [6, 6.07) is 4.43. The molecule has 0 fully saturated rings. The van der Waals surface area contributed by atoms with Gasteiger partial charge in [-0.1, -0.05) is 0 Å². The Balaban J connectivity index is 2.45. The van der Waals surface area contributed by atoms with E-state index in [0.29, 0.717) is 12.2 Å².